The van der Waals surface area contributed by atoms with Crippen LogP contribution in [0.2, 0.25) is 0 Å². The minimum Gasteiger partial charge on any atom is -0.0561 e. The second kappa shape index (κ2) is 13.5. The molecule has 0 bridgehead atoms. The molecule has 380 valence electrons. The van der Waals surface area contributed by atoms with Crippen LogP contribution in [0.3, 0.4) is 0 Å². The summed E-state index contributed by atoms with van der Waals surface area (Å²) in [6.45, 7) is 28.5. The third-order valence-electron chi connectivity index (χ3n) is 20.4. The van der Waals surface area contributed by atoms with Crippen molar-refractivity contribution < 1.29 is 0 Å². The molecule has 0 unspecified atom stereocenters. The summed E-state index contributed by atoms with van der Waals surface area (Å²) in [5, 5.41) is 49.3. The lowest BCUT2D eigenvalue weighted by Crippen LogP contribution is -2.11. The van der Waals surface area contributed by atoms with E-state index in [1.54, 1.807) is 0 Å². The lowest BCUT2D eigenvalue weighted by molar-refractivity contribution is 0.591. The van der Waals surface area contributed by atoms with Crippen molar-refractivity contribution in [3.63, 3.8) is 0 Å². The summed E-state index contributed by atoms with van der Waals surface area (Å²) in [5.41, 5.74) is 5.43. The molecule has 0 fully saturated rings. The van der Waals surface area contributed by atoms with Gasteiger partial charge in [-0.15, -0.1) is 0 Å². The van der Waals surface area contributed by atoms with E-state index < -0.39 is 0 Å². The average Bonchev–Trinajstić information content (AvgIpc) is 3.50. The minimum absolute atomic E-state index is 0.00797. The van der Waals surface area contributed by atoms with E-state index >= 15 is 0 Å². The van der Waals surface area contributed by atoms with Crippen LogP contribution in [0, 0.1) is 0 Å². The first-order chi connectivity index (χ1) is 38.2. The third-order valence-corrected chi connectivity index (χ3v) is 20.4. The summed E-state index contributed by atoms with van der Waals surface area (Å²) < 4.78 is 0. The quantitative estimate of drug-likeness (QED) is 0.105. The molecule has 19 aromatic rings. The number of benzene rings is 19. The fraction of sp³-hybridized carbons (Fsp3) is 0.200. The number of rotatable bonds is 0. The Morgan fingerprint density at radius 3 is 0.625 bits per heavy atom. The molecule has 80 heavy (non-hydrogen) atoms. The summed E-state index contributed by atoms with van der Waals surface area (Å²) >= 11 is 0. The second-order valence-electron chi connectivity index (χ2n) is 29.2. The van der Waals surface area contributed by atoms with Gasteiger partial charge in [0.25, 0.3) is 0 Å². The Morgan fingerprint density at radius 1 is 0.150 bits per heavy atom. The number of hydrogen-bond acceptors (Lipinski definition) is 0. The highest BCUT2D eigenvalue weighted by Crippen LogP contribution is 2.58. The topological polar surface area (TPSA) is 0 Å². The van der Waals surface area contributed by atoms with Crippen molar-refractivity contribution in [3.8, 4) is 0 Å². The van der Waals surface area contributed by atoms with Crippen molar-refractivity contribution in [3.05, 3.63) is 168 Å². The van der Waals surface area contributed by atoms with Gasteiger partial charge in [-0.3, -0.25) is 0 Å². The second-order valence-corrected chi connectivity index (χ2v) is 29.2. The van der Waals surface area contributed by atoms with Crippen molar-refractivity contribution in [2.75, 3.05) is 0 Å². The predicted octanol–water partition coefficient (Wildman–Crippen LogP) is 23.7. The van der Waals surface area contributed by atoms with E-state index in [1.807, 2.05) is 0 Å². The zero-order valence-electron chi connectivity index (χ0n) is 47.9. The van der Waals surface area contributed by atoms with E-state index in [4.69, 9.17) is 0 Å². The van der Waals surface area contributed by atoms with Gasteiger partial charge in [-0.25, -0.2) is 0 Å². The molecular weight excluding hydrogens is 961 g/mol. The Hall–Kier alpha value is -8.32. The van der Waals surface area contributed by atoms with E-state index in [0.29, 0.717) is 0 Å². The lowest BCUT2D eigenvalue weighted by Gasteiger charge is -2.28. The van der Waals surface area contributed by atoms with Crippen LogP contribution in [0.15, 0.2) is 146 Å². The van der Waals surface area contributed by atoms with Crippen molar-refractivity contribution in [2.45, 2.75) is 105 Å². The van der Waals surface area contributed by atoms with Crippen LogP contribution in [-0.2, 0) is 21.7 Å². The molecular formula is C80H60. The van der Waals surface area contributed by atoms with Crippen LogP contribution in [-0.4, -0.2) is 0 Å². The van der Waals surface area contributed by atoms with Crippen LogP contribution in [0.4, 0.5) is 0 Å². The molecule has 0 aliphatic rings. The summed E-state index contributed by atoms with van der Waals surface area (Å²) in [6.07, 6.45) is 0. The Balaban J connectivity index is 1.11. The molecule has 0 saturated carbocycles. The molecule has 0 spiro atoms. The summed E-state index contributed by atoms with van der Waals surface area (Å²) in [4.78, 5) is 0. The maximum Gasteiger partial charge on any atom is -0.000180 e. The van der Waals surface area contributed by atoms with E-state index in [1.165, 1.54) is 216 Å². The molecule has 0 radical (unpaired) electrons. The molecule has 0 heteroatoms. The van der Waals surface area contributed by atoms with Crippen molar-refractivity contribution >= 4 is 194 Å². The van der Waals surface area contributed by atoms with Gasteiger partial charge in [0, 0.05) is 0 Å². The van der Waals surface area contributed by atoms with Crippen LogP contribution >= 0.6 is 0 Å². The van der Waals surface area contributed by atoms with Crippen molar-refractivity contribution in [2.24, 2.45) is 0 Å². The lowest BCUT2D eigenvalue weighted by atomic mass is 9.75. The monoisotopic (exact) mass is 1020 g/mol. The molecule has 0 heterocycles. The molecule has 0 atom stereocenters. The standard InChI is InChI=1S/C80H60/c1-77(2,3)47-21-39-15-13-37-17-19-51-53-29-43-25-49(79(7,8)9)27-45-34-58-62-36-60-56-32-42-24-48(78(4,5)6)22-40-16-14-38-18-20-52(70(56)68(38)64(40)42)54-30-44-26-50(80(10,11)12)28-46-33-57(74(62)76(66(44)46)72(54)60)61-35-59(71(53)75(65(43)45)73(58)61)55-31-41(23-47)63(39)67(37)69(51)55/h13-36H,1-12H3. The molecule has 0 amide bonds. The van der Waals surface area contributed by atoms with E-state index in [0.717, 1.165) is 0 Å². The van der Waals surface area contributed by atoms with Crippen LogP contribution in [0.1, 0.15) is 105 Å². The summed E-state index contributed by atoms with van der Waals surface area (Å²) in [7, 11) is 0. The van der Waals surface area contributed by atoms with Gasteiger partial charge in [-0.05, 0) is 286 Å². The zero-order valence-corrected chi connectivity index (χ0v) is 47.9. The molecule has 0 saturated heterocycles. The van der Waals surface area contributed by atoms with Gasteiger partial charge in [-0.2, -0.15) is 0 Å². The molecule has 0 aromatic heterocycles. The fourth-order valence-corrected chi connectivity index (χ4v) is 16.5. The van der Waals surface area contributed by atoms with Crippen molar-refractivity contribution in [1.29, 1.82) is 0 Å². The van der Waals surface area contributed by atoms with Gasteiger partial charge in [0.05, 0.1) is 0 Å². The zero-order chi connectivity index (χ0) is 54.1. The highest BCUT2D eigenvalue weighted by molar-refractivity contribution is 6.54. The maximum atomic E-state index is 2.68. The van der Waals surface area contributed by atoms with Gasteiger partial charge >= 0.3 is 0 Å². The highest BCUT2D eigenvalue weighted by Gasteiger charge is 2.31. The van der Waals surface area contributed by atoms with E-state index in [9.17, 15) is 0 Å². The smallest absolute Gasteiger partial charge is 0.000180 e. The summed E-state index contributed by atoms with van der Waals surface area (Å²) in [6, 6.07) is 60.4. The number of hydrogen-bond donors (Lipinski definition) is 0. The van der Waals surface area contributed by atoms with Gasteiger partial charge in [0.15, 0.2) is 0 Å². The molecule has 0 aliphatic heterocycles. The fourth-order valence-electron chi connectivity index (χ4n) is 16.5. The molecule has 0 nitrogen and oxygen atoms in total. The minimum atomic E-state index is -0.0495. The van der Waals surface area contributed by atoms with Crippen molar-refractivity contribution in [1.82, 2.24) is 0 Å². The third kappa shape index (κ3) is 5.19. The predicted molar refractivity (Wildman–Crippen MR) is 355 cm³/mol. The average molecular weight is 1020 g/mol. The van der Waals surface area contributed by atoms with E-state index in [2.05, 4.69) is 229 Å². The maximum absolute atomic E-state index is 2.68. The molecule has 19 rings (SSSR count). The molecule has 19 aromatic carbocycles. The van der Waals surface area contributed by atoms with Gasteiger partial charge < -0.3 is 0 Å². The Morgan fingerprint density at radius 2 is 0.350 bits per heavy atom. The van der Waals surface area contributed by atoms with Gasteiger partial charge in [-0.1, -0.05) is 180 Å². The number of fused-ring (bicyclic) bond motifs is 6. The molecule has 0 N–H and O–H groups in total. The highest BCUT2D eigenvalue weighted by atomic mass is 14.3. The SMILES string of the molecule is CC(C)(C)c1cc2ccc3ccc4c5cc6cc(C(C)(C)C)cc7cc8c9cc%10c%11cc%12cc(C(C)(C)C)cc%13ccc%14ccc(c%15cc%16cc(C(C)(C)C)cc%17cc(c%18cc(c%19cc(c1)c2c3c4%19)c5c(c67)c8%18)c9c(c%16%17)c%15%10)c%11c%14c%13%12. The van der Waals surface area contributed by atoms with Crippen LogP contribution in [0.5, 0.6) is 0 Å². The first kappa shape index (κ1) is 44.5. The van der Waals surface area contributed by atoms with Gasteiger partial charge in [0.2, 0.25) is 0 Å². The normalized spacial score (nSPS) is 14.2. The Kier molecular flexibility index (Phi) is 7.49. The Labute approximate surface area is 463 Å². The first-order valence-corrected chi connectivity index (χ1v) is 29.4. The Bertz CT molecular complexity index is 5640. The molecule has 0 aliphatic carbocycles. The summed E-state index contributed by atoms with van der Waals surface area (Å²) in [5.74, 6) is 0. The largest absolute Gasteiger partial charge is 0.0561 e. The van der Waals surface area contributed by atoms with E-state index in [-0.39, 0.29) is 21.7 Å². The van der Waals surface area contributed by atoms with Crippen LogP contribution in [0.25, 0.3) is 194 Å². The van der Waals surface area contributed by atoms with Crippen LogP contribution < -0.4 is 0 Å². The first-order valence-electron chi connectivity index (χ1n) is 29.4. The van der Waals surface area contributed by atoms with Gasteiger partial charge in [0.1, 0.15) is 0 Å².